The summed E-state index contributed by atoms with van der Waals surface area (Å²) in [6.45, 7) is 12.4. The number of nitrogens with two attached hydrogens (primary N) is 1. The highest BCUT2D eigenvalue weighted by Gasteiger charge is 2.21. The largest absolute Gasteiger partial charge is 0.383 e. The van der Waals surface area contributed by atoms with Gasteiger partial charge in [0.25, 0.3) is 0 Å². The molecule has 0 radical (unpaired) electrons. The van der Waals surface area contributed by atoms with E-state index < -0.39 is 0 Å². The third-order valence-corrected chi connectivity index (χ3v) is 7.72. The number of nitrogens with zero attached hydrogens (tertiary/aromatic N) is 9. The summed E-state index contributed by atoms with van der Waals surface area (Å²) in [6, 6.07) is 20.4. The summed E-state index contributed by atoms with van der Waals surface area (Å²) >= 11 is 0. The standard InChI is InChI=1S/C34H34N10.C2H6/c1-3-6-26(7-4-2)29-13-14-30-34(39-29)44(33(40-30)28-8-5-15-37-32(28)36)27-11-9-24(10-12-27)23-42-16-18-43(19-17-42)31-20-25(21-35)22-38-41-31;1-2/h3,5-15,20,22H,4,16-19,23H2,1-2H3,(H2,36,37);1-2H3/b6-3-,26-7+;. The molecule has 1 fully saturated rings. The van der Waals surface area contributed by atoms with E-state index in [4.69, 9.17) is 15.7 Å². The third-order valence-electron chi connectivity index (χ3n) is 7.72. The predicted octanol–water partition coefficient (Wildman–Crippen LogP) is 6.44. The zero-order valence-corrected chi connectivity index (χ0v) is 26.9. The van der Waals surface area contributed by atoms with Crippen LogP contribution in [-0.4, -0.2) is 60.8 Å². The molecular formula is C36H40N10. The minimum Gasteiger partial charge on any atom is -0.383 e. The second-order valence-electron chi connectivity index (χ2n) is 10.7. The first kappa shape index (κ1) is 32.0. The van der Waals surface area contributed by atoms with Gasteiger partial charge in [-0.25, -0.2) is 15.0 Å². The molecule has 4 aromatic heterocycles. The van der Waals surface area contributed by atoms with Gasteiger partial charge in [-0.3, -0.25) is 9.47 Å². The van der Waals surface area contributed by atoms with Gasteiger partial charge in [0, 0.05) is 50.7 Å². The van der Waals surface area contributed by atoms with E-state index in [0.29, 0.717) is 17.2 Å². The van der Waals surface area contributed by atoms with Crippen molar-refractivity contribution in [1.29, 1.82) is 5.26 Å². The lowest BCUT2D eigenvalue weighted by Gasteiger charge is -2.35. The van der Waals surface area contributed by atoms with E-state index in [-0.39, 0.29) is 0 Å². The van der Waals surface area contributed by atoms with Crippen LogP contribution in [0.25, 0.3) is 33.8 Å². The molecule has 5 aromatic rings. The molecule has 1 saturated heterocycles. The van der Waals surface area contributed by atoms with Crippen LogP contribution in [0.2, 0.25) is 0 Å². The maximum atomic E-state index is 9.19. The molecule has 0 unspecified atom stereocenters. The Labute approximate surface area is 270 Å². The van der Waals surface area contributed by atoms with Gasteiger partial charge in [-0.05, 0) is 60.9 Å². The molecule has 1 aliphatic heterocycles. The van der Waals surface area contributed by atoms with E-state index >= 15 is 0 Å². The smallest absolute Gasteiger partial charge is 0.165 e. The van der Waals surface area contributed by atoms with Gasteiger partial charge in [0.05, 0.1) is 23.0 Å². The normalized spacial score (nSPS) is 13.9. The second kappa shape index (κ2) is 15.1. The second-order valence-corrected chi connectivity index (χ2v) is 10.7. The lowest BCUT2D eigenvalue weighted by Crippen LogP contribution is -2.46. The molecule has 0 spiro atoms. The Morgan fingerprint density at radius 1 is 1.02 bits per heavy atom. The van der Waals surface area contributed by atoms with Crippen LogP contribution in [0, 0.1) is 11.3 Å². The van der Waals surface area contributed by atoms with E-state index in [2.05, 4.69) is 79.0 Å². The average Bonchev–Trinajstić information content (AvgIpc) is 3.48. The number of imidazole rings is 1. The fourth-order valence-electron chi connectivity index (χ4n) is 5.52. The number of hydrogen-bond acceptors (Lipinski definition) is 9. The first-order chi connectivity index (χ1) is 22.6. The molecule has 234 valence electrons. The molecule has 1 aromatic carbocycles. The van der Waals surface area contributed by atoms with Gasteiger partial charge >= 0.3 is 0 Å². The van der Waals surface area contributed by atoms with Crippen LogP contribution >= 0.6 is 0 Å². The van der Waals surface area contributed by atoms with Gasteiger partial charge in [-0.15, -0.1) is 5.10 Å². The van der Waals surface area contributed by atoms with Crippen LogP contribution in [-0.2, 0) is 6.54 Å². The van der Waals surface area contributed by atoms with Gasteiger partial charge < -0.3 is 10.6 Å². The number of fused-ring (bicyclic) bond motifs is 1. The van der Waals surface area contributed by atoms with Gasteiger partial charge in [0.2, 0.25) is 0 Å². The number of rotatable bonds is 8. The minimum absolute atomic E-state index is 0.422. The Kier molecular flexibility index (Phi) is 10.5. The molecule has 5 heterocycles. The van der Waals surface area contributed by atoms with Gasteiger partial charge in [0.1, 0.15) is 17.4 Å². The highest BCUT2D eigenvalue weighted by Crippen LogP contribution is 2.31. The van der Waals surface area contributed by atoms with Gasteiger partial charge in [-0.1, -0.05) is 51.1 Å². The molecule has 46 heavy (non-hydrogen) atoms. The zero-order valence-electron chi connectivity index (χ0n) is 26.9. The lowest BCUT2D eigenvalue weighted by atomic mass is 10.1. The molecule has 10 nitrogen and oxygen atoms in total. The fraction of sp³-hybridized carbons (Fsp3) is 0.278. The van der Waals surface area contributed by atoms with Crippen LogP contribution in [0.15, 0.2) is 85.2 Å². The number of aromatic nitrogens is 6. The topological polar surface area (TPSA) is 126 Å². The Bertz CT molecular complexity index is 1870. The number of pyridine rings is 2. The van der Waals surface area contributed by atoms with Crippen molar-refractivity contribution in [3.63, 3.8) is 0 Å². The molecule has 0 bridgehead atoms. The van der Waals surface area contributed by atoms with Crippen LogP contribution < -0.4 is 10.6 Å². The van der Waals surface area contributed by atoms with Gasteiger partial charge in [-0.2, -0.15) is 10.4 Å². The highest BCUT2D eigenvalue weighted by molar-refractivity contribution is 5.85. The summed E-state index contributed by atoms with van der Waals surface area (Å²) in [4.78, 5) is 19.0. The van der Waals surface area contributed by atoms with Crippen LogP contribution in [0.1, 0.15) is 50.9 Å². The highest BCUT2D eigenvalue weighted by atomic mass is 15.3. The summed E-state index contributed by atoms with van der Waals surface area (Å²) < 4.78 is 2.07. The fourth-order valence-corrected chi connectivity index (χ4v) is 5.52. The maximum Gasteiger partial charge on any atom is 0.165 e. The van der Waals surface area contributed by atoms with Crippen molar-refractivity contribution >= 4 is 28.4 Å². The van der Waals surface area contributed by atoms with E-state index in [1.807, 2.05) is 51.1 Å². The zero-order chi connectivity index (χ0) is 32.5. The Balaban J connectivity index is 0.00000204. The summed E-state index contributed by atoms with van der Waals surface area (Å²) in [5.74, 6) is 1.88. The molecule has 6 rings (SSSR count). The monoisotopic (exact) mass is 612 g/mol. The molecular weight excluding hydrogens is 572 g/mol. The average molecular weight is 613 g/mol. The quantitative estimate of drug-likeness (QED) is 0.197. The Hall–Kier alpha value is -5.40. The number of allylic oxidation sites excluding steroid dienone is 4. The van der Waals surface area contributed by atoms with Crippen molar-refractivity contribution in [2.45, 2.75) is 40.7 Å². The Morgan fingerprint density at radius 3 is 2.50 bits per heavy atom. The number of hydrogen-bond donors (Lipinski definition) is 1. The van der Waals surface area contributed by atoms with E-state index in [9.17, 15) is 5.26 Å². The van der Waals surface area contributed by atoms with Crippen LogP contribution in [0.3, 0.4) is 0 Å². The number of nitriles is 1. The van der Waals surface area contributed by atoms with Gasteiger partial charge in [0.15, 0.2) is 17.3 Å². The van der Waals surface area contributed by atoms with Crippen LogP contribution in [0.4, 0.5) is 11.6 Å². The molecule has 0 atom stereocenters. The first-order valence-corrected chi connectivity index (χ1v) is 15.8. The lowest BCUT2D eigenvalue weighted by molar-refractivity contribution is 0.249. The number of piperazine rings is 1. The summed E-state index contributed by atoms with van der Waals surface area (Å²) in [6.07, 6.45) is 10.4. The molecule has 10 heteroatoms. The maximum absolute atomic E-state index is 9.19. The third kappa shape index (κ3) is 6.95. The number of nitrogen functional groups attached to an aromatic ring is 1. The summed E-state index contributed by atoms with van der Waals surface area (Å²) in [5.41, 5.74) is 13.3. The molecule has 0 aliphatic carbocycles. The van der Waals surface area contributed by atoms with E-state index in [0.717, 1.165) is 78.6 Å². The first-order valence-electron chi connectivity index (χ1n) is 15.8. The predicted molar refractivity (Wildman–Crippen MR) is 185 cm³/mol. The van der Waals surface area contributed by atoms with E-state index in [1.165, 1.54) is 11.8 Å². The molecule has 1 aliphatic rings. The van der Waals surface area contributed by atoms with Crippen molar-refractivity contribution in [3.8, 4) is 23.1 Å². The van der Waals surface area contributed by atoms with Crippen molar-refractivity contribution < 1.29 is 0 Å². The van der Waals surface area contributed by atoms with Crippen molar-refractivity contribution in [2.75, 3.05) is 36.8 Å². The molecule has 0 amide bonds. The minimum atomic E-state index is 0.422. The van der Waals surface area contributed by atoms with Crippen molar-refractivity contribution in [1.82, 2.24) is 34.6 Å². The number of benzene rings is 1. The van der Waals surface area contributed by atoms with Crippen molar-refractivity contribution in [3.05, 3.63) is 102 Å². The van der Waals surface area contributed by atoms with E-state index in [1.54, 1.807) is 12.3 Å². The summed E-state index contributed by atoms with van der Waals surface area (Å²) in [7, 11) is 0. The number of anilines is 2. The SMILES string of the molecule is C/C=C\C(=C/CC)c1ccc2nc(-c3cccnc3N)n(-c3ccc(CN4CCN(c5cc(C#N)cnn5)CC4)cc3)c2n1.CC. The van der Waals surface area contributed by atoms with Crippen LogP contribution in [0.5, 0.6) is 0 Å². The summed E-state index contributed by atoms with van der Waals surface area (Å²) in [5, 5.41) is 17.4. The Morgan fingerprint density at radius 2 is 1.80 bits per heavy atom. The van der Waals surface area contributed by atoms with Crippen molar-refractivity contribution in [2.24, 2.45) is 0 Å². The molecule has 2 N–H and O–H groups in total. The molecule has 0 saturated carbocycles.